The van der Waals surface area contributed by atoms with E-state index in [0.29, 0.717) is 6.54 Å². The highest BCUT2D eigenvalue weighted by atomic mass is 16.3. The van der Waals surface area contributed by atoms with Crippen LogP contribution in [0.1, 0.15) is 29.6 Å². The highest BCUT2D eigenvalue weighted by Crippen LogP contribution is 2.41. The Labute approximate surface area is 148 Å². The van der Waals surface area contributed by atoms with E-state index in [9.17, 15) is 9.90 Å². The number of hydrogen-bond donors (Lipinski definition) is 1. The second-order valence-electron chi connectivity index (χ2n) is 7.82. The fraction of sp³-hybridized carbons (Fsp3) is 0.550. The van der Waals surface area contributed by atoms with Gasteiger partial charge < -0.3 is 19.5 Å². The maximum atomic E-state index is 13.1. The van der Waals surface area contributed by atoms with Crippen LogP contribution in [-0.4, -0.2) is 64.7 Å². The minimum absolute atomic E-state index is 0.0359. The van der Waals surface area contributed by atoms with Crippen molar-refractivity contribution < 1.29 is 9.90 Å². The number of likely N-dealkylation sites (tertiary alicyclic amines) is 2. The Bertz CT molecular complexity index is 799. The number of carbonyl (C=O) groups is 1. The number of carbonyl (C=O) groups excluding carboxylic acids is 1. The highest BCUT2D eigenvalue weighted by molar-refractivity contribution is 5.98. The summed E-state index contributed by atoms with van der Waals surface area (Å²) in [6.45, 7) is 2.71. The molecule has 25 heavy (non-hydrogen) atoms. The smallest absolute Gasteiger partial charge is 0.253 e. The second kappa shape index (κ2) is 6.15. The van der Waals surface area contributed by atoms with Gasteiger partial charge in [0, 0.05) is 48.9 Å². The predicted octanol–water partition coefficient (Wildman–Crippen LogP) is 2.10. The summed E-state index contributed by atoms with van der Waals surface area (Å²) < 4.78 is 2.05. The van der Waals surface area contributed by atoms with Crippen LogP contribution in [0.2, 0.25) is 0 Å². The number of nitrogens with zero attached hydrogens (tertiary/aromatic N) is 3. The molecule has 4 rings (SSSR count). The van der Waals surface area contributed by atoms with Crippen LogP contribution >= 0.6 is 0 Å². The number of aliphatic hydroxyl groups is 1. The van der Waals surface area contributed by atoms with Gasteiger partial charge in [-0.1, -0.05) is 6.07 Å². The number of rotatable bonds is 2. The largest absolute Gasteiger partial charge is 0.396 e. The van der Waals surface area contributed by atoms with E-state index < -0.39 is 0 Å². The lowest BCUT2D eigenvalue weighted by Crippen LogP contribution is -2.62. The first-order valence-corrected chi connectivity index (χ1v) is 9.19. The van der Waals surface area contributed by atoms with Crippen molar-refractivity contribution in [3.63, 3.8) is 0 Å². The maximum Gasteiger partial charge on any atom is 0.253 e. The molecule has 2 aliphatic heterocycles. The summed E-state index contributed by atoms with van der Waals surface area (Å²) in [5.74, 6) is 0.105. The standard InChI is InChI=1S/C20H27N3O2/c1-21-10-6-15-4-5-16(12-17(15)21)19(25)23-11-8-20(14-24)7-3-9-22(2)18(20)13-23/h4-6,10,12,18,24H,3,7-9,11,13-14H2,1-2H3/t18-,20-/m1/s1. The molecule has 2 aromatic rings. The lowest BCUT2D eigenvalue weighted by atomic mass is 9.69. The third-order valence-electron chi connectivity index (χ3n) is 6.43. The van der Waals surface area contributed by atoms with Crippen molar-refractivity contribution in [2.75, 3.05) is 33.3 Å². The van der Waals surface area contributed by atoms with E-state index in [1.54, 1.807) is 0 Å². The number of aliphatic hydroxyl groups excluding tert-OH is 1. The molecular weight excluding hydrogens is 314 g/mol. The third-order valence-corrected chi connectivity index (χ3v) is 6.43. The highest BCUT2D eigenvalue weighted by Gasteiger charge is 2.47. The predicted molar refractivity (Wildman–Crippen MR) is 98.6 cm³/mol. The molecule has 0 spiro atoms. The molecule has 1 amide bonds. The fourth-order valence-corrected chi connectivity index (χ4v) is 4.78. The lowest BCUT2D eigenvalue weighted by molar-refractivity contribution is -0.0601. The van der Waals surface area contributed by atoms with Crippen LogP contribution in [0.5, 0.6) is 0 Å². The number of likely N-dealkylation sites (N-methyl/N-ethyl adjacent to an activating group) is 1. The zero-order chi connectivity index (χ0) is 17.6. The topological polar surface area (TPSA) is 48.7 Å². The van der Waals surface area contributed by atoms with Crippen LogP contribution in [0.4, 0.5) is 0 Å². The Balaban J connectivity index is 1.59. The van der Waals surface area contributed by atoms with Gasteiger partial charge in [0.1, 0.15) is 0 Å². The van der Waals surface area contributed by atoms with Gasteiger partial charge in [-0.25, -0.2) is 0 Å². The molecule has 0 radical (unpaired) electrons. The van der Waals surface area contributed by atoms with E-state index in [2.05, 4.69) is 18.0 Å². The summed E-state index contributed by atoms with van der Waals surface area (Å²) in [5.41, 5.74) is 1.80. The minimum atomic E-state index is -0.0359. The number of fused-ring (bicyclic) bond motifs is 2. The monoisotopic (exact) mass is 341 g/mol. The number of hydrogen-bond acceptors (Lipinski definition) is 3. The van der Waals surface area contributed by atoms with E-state index in [0.717, 1.165) is 48.8 Å². The molecule has 0 aliphatic carbocycles. The van der Waals surface area contributed by atoms with Crippen molar-refractivity contribution in [1.82, 2.24) is 14.4 Å². The van der Waals surface area contributed by atoms with Crippen molar-refractivity contribution in [2.24, 2.45) is 12.5 Å². The number of aromatic nitrogens is 1. The molecule has 1 aromatic carbocycles. The SMILES string of the molecule is CN1CCC[C@]2(CO)CCN(C(=O)c3ccc4ccn(C)c4c3)C[C@@H]12. The van der Waals surface area contributed by atoms with Gasteiger partial charge in [0.05, 0.1) is 6.61 Å². The van der Waals surface area contributed by atoms with Gasteiger partial charge in [-0.15, -0.1) is 0 Å². The molecule has 0 unspecified atom stereocenters. The van der Waals surface area contributed by atoms with Gasteiger partial charge in [0.2, 0.25) is 0 Å². The van der Waals surface area contributed by atoms with E-state index >= 15 is 0 Å². The molecule has 134 valence electrons. The number of amides is 1. The van der Waals surface area contributed by atoms with E-state index in [4.69, 9.17) is 0 Å². The van der Waals surface area contributed by atoms with Crippen LogP contribution < -0.4 is 0 Å². The van der Waals surface area contributed by atoms with Crippen LogP contribution in [0.15, 0.2) is 30.5 Å². The van der Waals surface area contributed by atoms with E-state index in [-0.39, 0.29) is 24.0 Å². The molecule has 2 fully saturated rings. The van der Waals surface area contributed by atoms with Gasteiger partial charge in [-0.3, -0.25) is 4.79 Å². The molecular formula is C20H27N3O2. The molecule has 2 atom stereocenters. The summed E-state index contributed by atoms with van der Waals surface area (Å²) in [4.78, 5) is 17.4. The Hall–Kier alpha value is -1.85. The molecule has 1 aromatic heterocycles. The first-order valence-electron chi connectivity index (χ1n) is 9.19. The molecule has 1 N–H and O–H groups in total. The van der Waals surface area contributed by atoms with Crippen molar-refractivity contribution in [3.05, 3.63) is 36.0 Å². The van der Waals surface area contributed by atoms with Gasteiger partial charge in [0.25, 0.3) is 5.91 Å². The van der Waals surface area contributed by atoms with Crippen LogP contribution in [0.3, 0.4) is 0 Å². The number of piperidine rings is 2. The fourth-order valence-electron chi connectivity index (χ4n) is 4.78. The summed E-state index contributed by atoms with van der Waals surface area (Å²) in [6, 6.07) is 8.27. The molecule has 5 nitrogen and oxygen atoms in total. The molecule has 3 heterocycles. The molecule has 2 aliphatic rings. The van der Waals surface area contributed by atoms with Crippen LogP contribution in [0.25, 0.3) is 10.9 Å². The summed E-state index contributed by atoms with van der Waals surface area (Å²) in [6.07, 6.45) is 5.10. The Morgan fingerprint density at radius 3 is 2.88 bits per heavy atom. The number of aryl methyl sites for hydroxylation is 1. The molecule has 2 saturated heterocycles. The minimum Gasteiger partial charge on any atom is -0.396 e. The van der Waals surface area contributed by atoms with Gasteiger partial charge >= 0.3 is 0 Å². The normalized spacial score (nSPS) is 27.5. The van der Waals surface area contributed by atoms with Gasteiger partial charge in [-0.2, -0.15) is 0 Å². The summed E-state index contributed by atoms with van der Waals surface area (Å²) in [5, 5.41) is 11.2. The first kappa shape index (κ1) is 16.6. The Morgan fingerprint density at radius 2 is 2.08 bits per heavy atom. The van der Waals surface area contributed by atoms with Crippen molar-refractivity contribution in [2.45, 2.75) is 25.3 Å². The Morgan fingerprint density at radius 1 is 1.24 bits per heavy atom. The zero-order valence-corrected chi connectivity index (χ0v) is 15.1. The molecule has 0 bridgehead atoms. The van der Waals surface area contributed by atoms with Crippen molar-refractivity contribution >= 4 is 16.8 Å². The second-order valence-corrected chi connectivity index (χ2v) is 7.82. The van der Waals surface area contributed by atoms with Crippen LogP contribution in [0, 0.1) is 5.41 Å². The average molecular weight is 341 g/mol. The first-order chi connectivity index (χ1) is 12.0. The quantitative estimate of drug-likeness (QED) is 0.910. The molecule has 5 heteroatoms. The average Bonchev–Trinajstić information content (AvgIpc) is 3.01. The third kappa shape index (κ3) is 2.66. The van der Waals surface area contributed by atoms with Crippen molar-refractivity contribution in [3.8, 4) is 0 Å². The maximum absolute atomic E-state index is 13.1. The van der Waals surface area contributed by atoms with E-state index in [1.165, 1.54) is 0 Å². The molecule has 0 saturated carbocycles. The zero-order valence-electron chi connectivity index (χ0n) is 15.1. The van der Waals surface area contributed by atoms with Gasteiger partial charge in [-0.05, 0) is 56.4 Å². The lowest BCUT2D eigenvalue weighted by Gasteiger charge is -2.53. The van der Waals surface area contributed by atoms with Crippen molar-refractivity contribution in [1.29, 1.82) is 0 Å². The van der Waals surface area contributed by atoms with Crippen LogP contribution in [-0.2, 0) is 7.05 Å². The summed E-state index contributed by atoms with van der Waals surface area (Å²) in [7, 11) is 4.13. The Kier molecular flexibility index (Phi) is 4.08. The summed E-state index contributed by atoms with van der Waals surface area (Å²) >= 11 is 0. The number of benzene rings is 1. The van der Waals surface area contributed by atoms with E-state index in [1.807, 2.05) is 40.9 Å². The van der Waals surface area contributed by atoms with Gasteiger partial charge in [0.15, 0.2) is 0 Å².